The van der Waals surface area contributed by atoms with Crippen LogP contribution in [0.4, 0.5) is 0 Å². The third kappa shape index (κ3) is 34.4. The minimum absolute atomic E-state index is 0.267. The number of aliphatic hydroxyl groups excluding tert-OH is 5. The molecule has 0 aromatic heterocycles. The summed E-state index contributed by atoms with van der Waals surface area (Å²) in [6, 6.07) is -1.03. The second-order valence-electron chi connectivity index (χ2n) is 19.7. The van der Waals surface area contributed by atoms with E-state index in [0.29, 0.717) is 19.3 Å². The highest BCUT2D eigenvalue weighted by molar-refractivity contribution is 7.80. The first-order chi connectivity index (χ1) is 31.9. The summed E-state index contributed by atoms with van der Waals surface area (Å²) in [5.74, 6) is -0.663. The Bertz CT molecular complexity index is 1200. The van der Waals surface area contributed by atoms with Gasteiger partial charge in [-0.15, -0.1) is 0 Å². The Morgan fingerprint density at radius 3 is 1.21 bits per heavy atom. The molecule has 0 saturated carbocycles. The van der Waals surface area contributed by atoms with Crippen molar-refractivity contribution in [1.29, 1.82) is 0 Å². The molecule has 0 bridgehead atoms. The van der Waals surface area contributed by atoms with Gasteiger partial charge in [-0.25, -0.2) is 4.18 Å². The van der Waals surface area contributed by atoms with Gasteiger partial charge < -0.3 is 40.3 Å². The maximum atomic E-state index is 13.2. The lowest BCUT2D eigenvalue weighted by Crippen LogP contribution is -2.61. The number of carbonyl (C=O) groups is 1. The Balaban J connectivity index is 2.44. The van der Waals surface area contributed by atoms with Gasteiger partial charge >= 0.3 is 10.4 Å². The summed E-state index contributed by atoms with van der Waals surface area (Å²) in [6.45, 7) is 3.33. The Morgan fingerprint density at radius 2 is 0.879 bits per heavy atom. The number of unbranched alkanes of at least 4 members (excludes halogenated alkanes) is 35. The van der Waals surface area contributed by atoms with Gasteiger partial charge in [-0.05, 0) is 12.8 Å². The van der Waals surface area contributed by atoms with Crippen LogP contribution in [0.3, 0.4) is 0 Å². The monoisotopic (exact) mass is 966 g/mol. The summed E-state index contributed by atoms with van der Waals surface area (Å²) in [5, 5.41) is 55.6. The van der Waals surface area contributed by atoms with E-state index in [4.69, 9.17) is 9.47 Å². The van der Waals surface area contributed by atoms with Crippen LogP contribution in [-0.2, 0) is 28.9 Å². The van der Waals surface area contributed by atoms with Crippen LogP contribution < -0.4 is 5.32 Å². The van der Waals surface area contributed by atoms with Gasteiger partial charge in [0.05, 0.1) is 25.4 Å². The van der Waals surface area contributed by atoms with Crippen molar-refractivity contribution in [2.75, 3.05) is 13.2 Å². The minimum atomic E-state index is -5.11. The topological polar surface area (TPSA) is 212 Å². The number of rotatable bonds is 48. The second-order valence-corrected chi connectivity index (χ2v) is 20.7. The van der Waals surface area contributed by atoms with E-state index >= 15 is 0 Å². The first kappa shape index (κ1) is 63.1. The molecule has 14 heteroatoms. The molecule has 0 spiro atoms. The third-order valence-electron chi connectivity index (χ3n) is 13.5. The number of nitrogens with one attached hydrogen (secondary N) is 1. The van der Waals surface area contributed by atoms with Crippen molar-refractivity contribution < 1.29 is 57.0 Å². The molecule has 0 aromatic carbocycles. The lowest BCUT2D eigenvalue weighted by molar-refractivity contribution is -0.298. The number of hydrogen-bond acceptors (Lipinski definition) is 11. The van der Waals surface area contributed by atoms with Gasteiger partial charge in [0.15, 0.2) is 6.29 Å². The molecule has 1 amide bonds. The highest BCUT2D eigenvalue weighted by Gasteiger charge is 2.48. The number of ether oxygens (including phenoxy) is 2. The van der Waals surface area contributed by atoms with Crippen LogP contribution in [0.15, 0.2) is 0 Å². The number of amides is 1. The third-order valence-corrected chi connectivity index (χ3v) is 14.0. The van der Waals surface area contributed by atoms with E-state index in [9.17, 15) is 43.3 Å². The predicted octanol–water partition coefficient (Wildman–Crippen LogP) is 11.1. The van der Waals surface area contributed by atoms with Gasteiger partial charge in [0.1, 0.15) is 30.5 Å². The Morgan fingerprint density at radius 1 is 0.545 bits per heavy atom. The molecule has 8 atom stereocenters. The van der Waals surface area contributed by atoms with Gasteiger partial charge in [-0.1, -0.05) is 251 Å². The highest BCUT2D eigenvalue weighted by Crippen LogP contribution is 2.26. The molecule has 1 aliphatic rings. The maximum Gasteiger partial charge on any atom is 0.397 e. The maximum absolute atomic E-state index is 13.2. The van der Waals surface area contributed by atoms with Crippen molar-refractivity contribution in [3.8, 4) is 0 Å². The van der Waals surface area contributed by atoms with E-state index in [1.54, 1.807) is 0 Å². The van der Waals surface area contributed by atoms with E-state index in [2.05, 4.69) is 23.3 Å². The smallest absolute Gasteiger partial charge is 0.394 e. The average molecular weight is 966 g/mol. The lowest BCUT2D eigenvalue weighted by Gasteiger charge is -2.41. The molecule has 8 unspecified atom stereocenters. The van der Waals surface area contributed by atoms with Crippen molar-refractivity contribution in [1.82, 2.24) is 5.32 Å². The number of carbonyl (C=O) groups excluding carboxylic acids is 1. The summed E-state index contributed by atoms with van der Waals surface area (Å²) in [4.78, 5) is 13.2. The van der Waals surface area contributed by atoms with E-state index in [0.717, 1.165) is 38.5 Å². The van der Waals surface area contributed by atoms with Crippen molar-refractivity contribution in [2.24, 2.45) is 0 Å². The zero-order valence-corrected chi connectivity index (χ0v) is 43.0. The van der Waals surface area contributed by atoms with Crippen LogP contribution in [0.25, 0.3) is 0 Å². The molecule has 1 fully saturated rings. The quantitative estimate of drug-likeness (QED) is 0.0224. The van der Waals surface area contributed by atoms with Crippen LogP contribution in [0, 0.1) is 0 Å². The fourth-order valence-corrected chi connectivity index (χ4v) is 9.68. The van der Waals surface area contributed by atoms with Crippen molar-refractivity contribution in [3.63, 3.8) is 0 Å². The van der Waals surface area contributed by atoms with Crippen molar-refractivity contribution in [2.45, 2.75) is 313 Å². The van der Waals surface area contributed by atoms with Gasteiger partial charge in [0, 0.05) is 0 Å². The number of aliphatic hydroxyl groups is 5. The average Bonchev–Trinajstić information content (AvgIpc) is 3.29. The van der Waals surface area contributed by atoms with Gasteiger partial charge in [-0.2, -0.15) is 8.42 Å². The van der Waals surface area contributed by atoms with Gasteiger partial charge in [-0.3, -0.25) is 9.35 Å². The number of hydrogen-bond donors (Lipinski definition) is 7. The fourth-order valence-electron chi connectivity index (χ4n) is 9.17. The van der Waals surface area contributed by atoms with Crippen LogP contribution >= 0.6 is 0 Å². The van der Waals surface area contributed by atoms with E-state index < -0.39 is 78.5 Å². The molecule has 13 nitrogen and oxygen atoms in total. The molecule has 1 rings (SSSR count). The molecule has 66 heavy (non-hydrogen) atoms. The van der Waals surface area contributed by atoms with Gasteiger partial charge in [0.25, 0.3) is 0 Å². The molecule has 394 valence electrons. The zero-order chi connectivity index (χ0) is 48.5. The fraction of sp³-hybridized carbons (Fsp3) is 0.981. The van der Waals surface area contributed by atoms with E-state index in [1.165, 1.54) is 186 Å². The molecule has 1 aliphatic heterocycles. The molecule has 0 aliphatic carbocycles. The first-order valence-electron chi connectivity index (χ1n) is 27.5. The summed E-state index contributed by atoms with van der Waals surface area (Å²) in [7, 11) is -5.11. The molecule has 7 N–H and O–H groups in total. The van der Waals surface area contributed by atoms with Crippen LogP contribution in [0.5, 0.6) is 0 Å². The van der Waals surface area contributed by atoms with Crippen LogP contribution in [0.2, 0.25) is 0 Å². The predicted molar refractivity (Wildman–Crippen MR) is 265 cm³/mol. The molecular weight excluding hydrogens is 863 g/mol. The Kier molecular flexibility index (Phi) is 41.0. The lowest BCUT2D eigenvalue weighted by atomic mass is 9.99. The molecule has 1 heterocycles. The SMILES string of the molecule is CCCCCCCCCCCCCCCCCCCCCC(O)C(COC1OC(CO)C(O)C(OS(=O)(=O)O)C1O)NC(=O)C(O)CCCCCCCCCCCCCCCCCCCC. The van der Waals surface area contributed by atoms with E-state index in [1.807, 2.05) is 0 Å². The first-order valence-corrected chi connectivity index (χ1v) is 28.9. The summed E-state index contributed by atoms with van der Waals surface area (Å²) >= 11 is 0. The molecule has 0 radical (unpaired) electrons. The Hall–Kier alpha value is -0.940. The normalized spacial score (nSPS) is 20.4. The largest absolute Gasteiger partial charge is 0.397 e. The molecular formula is C52H103NO12S. The standard InChI is InChI=1S/C52H103NO12S/c1-3-5-7-9-11-13-15-17-19-21-23-25-26-28-30-32-34-36-38-40-45(55)44(43-63-52-49(58)50(65-66(60,61)62)48(57)47(42-54)64-52)53-51(59)46(56)41-39-37-35-33-31-29-27-24-22-20-18-16-14-12-10-8-6-4-2/h44-50,52,54-58H,3-43H2,1-2H3,(H,53,59)(H,60,61,62). The van der Waals surface area contributed by atoms with Crippen LogP contribution in [-0.4, -0.2) is 107 Å². The molecule has 0 aromatic rings. The van der Waals surface area contributed by atoms with E-state index in [-0.39, 0.29) is 6.42 Å². The molecule has 1 saturated heterocycles. The zero-order valence-electron chi connectivity index (χ0n) is 42.2. The Labute approximate surface area is 403 Å². The van der Waals surface area contributed by atoms with Gasteiger partial charge in [0.2, 0.25) is 5.91 Å². The summed E-state index contributed by atoms with van der Waals surface area (Å²) in [5.41, 5.74) is 0. The van der Waals surface area contributed by atoms with Crippen molar-refractivity contribution in [3.05, 3.63) is 0 Å². The minimum Gasteiger partial charge on any atom is -0.394 e. The summed E-state index contributed by atoms with van der Waals surface area (Å²) in [6.07, 6.45) is 35.6. The van der Waals surface area contributed by atoms with Crippen LogP contribution in [0.1, 0.15) is 264 Å². The highest BCUT2D eigenvalue weighted by atomic mass is 32.3. The van der Waals surface area contributed by atoms with Crippen molar-refractivity contribution >= 4 is 16.3 Å². The second kappa shape index (κ2) is 42.9. The summed E-state index contributed by atoms with van der Waals surface area (Å²) < 4.78 is 47.8.